The lowest BCUT2D eigenvalue weighted by molar-refractivity contribution is -0.136. The van der Waals surface area contributed by atoms with Crippen molar-refractivity contribution in [2.24, 2.45) is 5.92 Å². The Hall–Kier alpha value is -1.89. The van der Waals surface area contributed by atoms with Gasteiger partial charge in [0.25, 0.3) is 0 Å². The lowest BCUT2D eigenvalue weighted by Gasteiger charge is -2.32. The molecule has 0 aromatic heterocycles. The second-order valence-corrected chi connectivity index (χ2v) is 8.92. The Balaban J connectivity index is 1.62. The van der Waals surface area contributed by atoms with Crippen LogP contribution in [0.3, 0.4) is 0 Å². The molecular weight excluding hydrogens is 328 g/mol. The standard InChI is InChI=1S/C17H22N2O4S/c1-24(22,23)15-7-9-18(10-8-15)17(21)13-11-16(20)19(12-13)14-5-3-2-4-6-14/h2-6,13,15H,7-12H2,1H3. The van der Waals surface area contributed by atoms with E-state index in [2.05, 4.69) is 0 Å². The minimum absolute atomic E-state index is 0.0336. The number of carbonyl (C=O) groups excluding carboxylic acids is 2. The van der Waals surface area contributed by atoms with Gasteiger partial charge in [-0.2, -0.15) is 0 Å². The maximum atomic E-state index is 12.7. The Morgan fingerprint density at radius 3 is 2.33 bits per heavy atom. The Kier molecular flexibility index (Phi) is 4.62. The molecule has 24 heavy (non-hydrogen) atoms. The molecular formula is C17H22N2O4S. The number of nitrogens with zero attached hydrogens (tertiary/aromatic N) is 2. The molecule has 1 atom stereocenters. The molecule has 1 unspecified atom stereocenters. The van der Waals surface area contributed by atoms with Crippen LogP contribution in [0.5, 0.6) is 0 Å². The number of para-hydroxylation sites is 1. The number of hydrogen-bond donors (Lipinski definition) is 0. The fourth-order valence-electron chi connectivity index (χ4n) is 3.49. The second-order valence-electron chi connectivity index (χ2n) is 6.60. The molecule has 0 N–H and O–H groups in total. The molecule has 0 spiro atoms. The third-order valence-corrected chi connectivity index (χ3v) is 6.58. The molecule has 2 aliphatic heterocycles. The van der Waals surface area contributed by atoms with Gasteiger partial charge in [-0.05, 0) is 25.0 Å². The lowest BCUT2D eigenvalue weighted by Crippen LogP contribution is -2.45. The molecule has 2 aliphatic rings. The maximum Gasteiger partial charge on any atom is 0.228 e. The number of carbonyl (C=O) groups is 2. The van der Waals surface area contributed by atoms with E-state index in [-0.39, 0.29) is 29.4 Å². The number of rotatable bonds is 3. The van der Waals surface area contributed by atoms with Crippen molar-refractivity contribution in [1.82, 2.24) is 4.90 Å². The van der Waals surface area contributed by atoms with Crippen LogP contribution in [0.1, 0.15) is 19.3 Å². The highest BCUT2D eigenvalue weighted by Gasteiger charge is 2.38. The van der Waals surface area contributed by atoms with Crippen LogP contribution in [0, 0.1) is 5.92 Å². The average Bonchev–Trinajstić information content (AvgIpc) is 2.96. The molecule has 6 nitrogen and oxygen atoms in total. The van der Waals surface area contributed by atoms with Crippen LogP contribution < -0.4 is 4.90 Å². The highest BCUT2D eigenvalue weighted by Crippen LogP contribution is 2.27. The van der Waals surface area contributed by atoms with Gasteiger partial charge in [-0.1, -0.05) is 18.2 Å². The van der Waals surface area contributed by atoms with Gasteiger partial charge in [-0.3, -0.25) is 9.59 Å². The summed E-state index contributed by atoms with van der Waals surface area (Å²) in [7, 11) is -3.05. The van der Waals surface area contributed by atoms with E-state index in [1.807, 2.05) is 30.3 Å². The van der Waals surface area contributed by atoms with Crippen LogP contribution in [0.15, 0.2) is 30.3 Å². The monoisotopic (exact) mass is 350 g/mol. The molecule has 3 rings (SSSR count). The summed E-state index contributed by atoms with van der Waals surface area (Å²) in [6.07, 6.45) is 2.43. The number of benzene rings is 1. The van der Waals surface area contributed by atoms with Crippen molar-refractivity contribution in [3.8, 4) is 0 Å². The van der Waals surface area contributed by atoms with Crippen LogP contribution in [0.4, 0.5) is 5.69 Å². The Labute approximate surface area is 142 Å². The number of likely N-dealkylation sites (tertiary alicyclic amines) is 1. The lowest BCUT2D eigenvalue weighted by atomic mass is 10.0. The largest absolute Gasteiger partial charge is 0.342 e. The molecule has 2 heterocycles. The van der Waals surface area contributed by atoms with Crippen molar-refractivity contribution < 1.29 is 18.0 Å². The van der Waals surface area contributed by atoms with Crippen LogP contribution in [-0.2, 0) is 19.4 Å². The predicted octanol–water partition coefficient (Wildman–Crippen LogP) is 1.08. The van der Waals surface area contributed by atoms with E-state index in [0.717, 1.165) is 5.69 Å². The number of hydrogen-bond acceptors (Lipinski definition) is 4. The van der Waals surface area contributed by atoms with Gasteiger partial charge >= 0.3 is 0 Å². The van der Waals surface area contributed by atoms with Crippen molar-refractivity contribution in [3.05, 3.63) is 30.3 Å². The van der Waals surface area contributed by atoms with E-state index in [9.17, 15) is 18.0 Å². The summed E-state index contributed by atoms with van der Waals surface area (Å²) in [6, 6.07) is 9.35. The summed E-state index contributed by atoms with van der Waals surface area (Å²) in [5.41, 5.74) is 0.814. The number of sulfone groups is 1. The Bertz CT molecular complexity index is 724. The van der Waals surface area contributed by atoms with Crippen LogP contribution >= 0.6 is 0 Å². The normalized spacial score (nSPS) is 22.9. The van der Waals surface area contributed by atoms with E-state index in [0.29, 0.717) is 32.5 Å². The van der Waals surface area contributed by atoms with E-state index >= 15 is 0 Å². The first-order valence-electron chi connectivity index (χ1n) is 8.19. The zero-order valence-corrected chi connectivity index (χ0v) is 14.5. The zero-order chi connectivity index (χ0) is 17.3. The average molecular weight is 350 g/mol. The molecule has 1 aromatic carbocycles. The van der Waals surface area contributed by atoms with Gasteiger partial charge in [0.2, 0.25) is 11.8 Å². The third-order valence-electron chi connectivity index (χ3n) is 4.90. The first kappa shape index (κ1) is 17.0. The molecule has 0 saturated carbocycles. The van der Waals surface area contributed by atoms with E-state index in [1.54, 1.807) is 9.80 Å². The minimum Gasteiger partial charge on any atom is -0.342 e. The van der Waals surface area contributed by atoms with Crippen LogP contribution in [0.25, 0.3) is 0 Å². The van der Waals surface area contributed by atoms with E-state index in [1.165, 1.54) is 6.26 Å². The Morgan fingerprint density at radius 2 is 1.75 bits per heavy atom. The molecule has 2 fully saturated rings. The topological polar surface area (TPSA) is 74.8 Å². The molecule has 130 valence electrons. The van der Waals surface area contributed by atoms with Gasteiger partial charge in [0.15, 0.2) is 0 Å². The van der Waals surface area contributed by atoms with Crippen molar-refractivity contribution >= 4 is 27.3 Å². The first-order chi connectivity index (χ1) is 11.4. The first-order valence-corrected chi connectivity index (χ1v) is 10.1. The van der Waals surface area contributed by atoms with Crippen molar-refractivity contribution in [2.75, 3.05) is 30.8 Å². The third kappa shape index (κ3) is 3.45. The van der Waals surface area contributed by atoms with Crippen molar-refractivity contribution in [2.45, 2.75) is 24.5 Å². The minimum atomic E-state index is -3.05. The molecule has 1 aromatic rings. The zero-order valence-electron chi connectivity index (χ0n) is 13.7. The summed E-state index contributed by atoms with van der Waals surface area (Å²) in [6.45, 7) is 1.30. The molecule has 0 aliphatic carbocycles. The van der Waals surface area contributed by atoms with Gasteiger partial charge in [0, 0.05) is 38.0 Å². The van der Waals surface area contributed by atoms with Gasteiger partial charge in [0.05, 0.1) is 11.2 Å². The quantitative estimate of drug-likeness (QED) is 0.817. The summed E-state index contributed by atoms with van der Waals surface area (Å²) in [5.74, 6) is -0.410. The van der Waals surface area contributed by atoms with E-state index < -0.39 is 9.84 Å². The molecule has 7 heteroatoms. The summed E-state index contributed by atoms with van der Waals surface area (Å²) >= 11 is 0. The smallest absolute Gasteiger partial charge is 0.228 e. The van der Waals surface area contributed by atoms with Gasteiger partial charge in [-0.25, -0.2) is 8.42 Å². The van der Waals surface area contributed by atoms with Crippen LogP contribution in [-0.4, -0.2) is 56.3 Å². The molecule has 2 amide bonds. The Morgan fingerprint density at radius 1 is 1.12 bits per heavy atom. The maximum absolute atomic E-state index is 12.7. The predicted molar refractivity (Wildman–Crippen MR) is 91.3 cm³/mol. The number of piperidine rings is 1. The molecule has 0 bridgehead atoms. The SMILES string of the molecule is CS(=O)(=O)C1CCN(C(=O)C2CC(=O)N(c3ccccc3)C2)CC1. The summed E-state index contributed by atoms with van der Waals surface area (Å²) < 4.78 is 23.2. The molecule has 2 saturated heterocycles. The summed E-state index contributed by atoms with van der Waals surface area (Å²) in [4.78, 5) is 28.3. The molecule has 0 radical (unpaired) electrons. The fraction of sp³-hybridized carbons (Fsp3) is 0.529. The summed E-state index contributed by atoms with van der Waals surface area (Å²) in [5, 5.41) is -0.354. The number of amides is 2. The highest BCUT2D eigenvalue weighted by molar-refractivity contribution is 7.91. The van der Waals surface area contributed by atoms with Gasteiger partial charge in [-0.15, -0.1) is 0 Å². The van der Waals surface area contributed by atoms with Crippen LogP contribution in [0.2, 0.25) is 0 Å². The van der Waals surface area contributed by atoms with Gasteiger partial charge in [0.1, 0.15) is 9.84 Å². The van der Waals surface area contributed by atoms with Crippen molar-refractivity contribution in [1.29, 1.82) is 0 Å². The van der Waals surface area contributed by atoms with E-state index in [4.69, 9.17) is 0 Å². The number of anilines is 1. The van der Waals surface area contributed by atoms with Crippen molar-refractivity contribution in [3.63, 3.8) is 0 Å². The highest BCUT2D eigenvalue weighted by atomic mass is 32.2. The van der Waals surface area contributed by atoms with Gasteiger partial charge < -0.3 is 9.80 Å². The second kappa shape index (κ2) is 6.55. The fourth-order valence-corrected chi connectivity index (χ4v) is 4.56.